The van der Waals surface area contributed by atoms with Crippen molar-refractivity contribution in [1.82, 2.24) is 15.3 Å². The lowest BCUT2D eigenvalue weighted by atomic mass is 9.90. The van der Waals surface area contributed by atoms with E-state index in [9.17, 15) is 9.18 Å². The minimum absolute atomic E-state index is 0. The van der Waals surface area contributed by atoms with Gasteiger partial charge in [0.2, 0.25) is 5.82 Å². The number of amidine groups is 1. The number of nitrogens with zero attached hydrogens (tertiary/aromatic N) is 3. The smallest absolute Gasteiger partial charge is 0.289 e. The van der Waals surface area contributed by atoms with Crippen LogP contribution in [0.1, 0.15) is 57.1 Å². The summed E-state index contributed by atoms with van der Waals surface area (Å²) < 4.78 is 19.2. The van der Waals surface area contributed by atoms with Crippen molar-refractivity contribution < 1.29 is 13.9 Å². The molecule has 0 saturated heterocycles. The number of nitrogens with two attached hydrogens (primary N) is 1. The minimum atomic E-state index is -0.390. The van der Waals surface area contributed by atoms with E-state index in [1.807, 2.05) is 13.8 Å². The van der Waals surface area contributed by atoms with Crippen LogP contribution < -0.4 is 16.4 Å². The summed E-state index contributed by atoms with van der Waals surface area (Å²) in [6.07, 6.45) is 3.91. The Morgan fingerprint density at radius 3 is 2.65 bits per heavy atom. The molecule has 0 radical (unpaired) electrons. The first kappa shape index (κ1) is 29.8. The molecule has 1 saturated carbocycles. The van der Waals surface area contributed by atoms with E-state index in [1.54, 1.807) is 20.1 Å². The normalized spacial score (nSPS) is 18.6. The molecular weight excluding hydrogens is 482 g/mol. The number of ether oxygens (including phenoxy) is 1. The van der Waals surface area contributed by atoms with Gasteiger partial charge >= 0.3 is 0 Å². The van der Waals surface area contributed by atoms with Crippen molar-refractivity contribution >= 4 is 53.3 Å². The van der Waals surface area contributed by atoms with E-state index in [4.69, 9.17) is 10.5 Å². The maximum absolute atomic E-state index is 14.0. The monoisotopic (exact) mass is 516 g/mol. The molecule has 4 N–H and O–H groups in total. The van der Waals surface area contributed by atoms with Gasteiger partial charge in [0.25, 0.3) is 5.91 Å². The Kier molecular flexibility index (Phi) is 11.4. The molecule has 1 amide bonds. The van der Waals surface area contributed by atoms with Gasteiger partial charge in [0.05, 0.1) is 24.0 Å². The third-order valence-corrected chi connectivity index (χ3v) is 5.54. The average Bonchev–Trinajstić information content (AvgIpc) is 2.73. The van der Waals surface area contributed by atoms with Gasteiger partial charge in [-0.15, -0.1) is 24.8 Å². The molecule has 0 unspecified atom stereocenters. The first-order valence-electron chi connectivity index (χ1n) is 11.0. The second-order valence-corrected chi connectivity index (χ2v) is 9.21. The minimum Gasteiger partial charge on any atom is -0.388 e. The van der Waals surface area contributed by atoms with Gasteiger partial charge in [-0.1, -0.05) is 26.7 Å². The molecule has 0 aliphatic heterocycles. The summed E-state index contributed by atoms with van der Waals surface area (Å²) in [4.78, 5) is 26.3. The molecule has 1 heterocycles. The Morgan fingerprint density at radius 2 is 1.97 bits per heavy atom. The van der Waals surface area contributed by atoms with Crippen molar-refractivity contribution in [2.24, 2.45) is 16.1 Å². The number of aliphatic imine (C=N–C) groups is 1. The molecule has 1 aliphatic rings. The topological polar surface area (TPSA) is 115 Å². The number of benzene rings is 1. The molecule has 2 atom stereocenters. The highest BCUT2D eigenvalue weighted by atomic mass is 35.5. The molecule has 1 aliphatic carbocycles. The maximum atomic E-state index is 14.0. The van der Waals surface area contributed by atoms with Crippen LogP contribution in [0.15, 0.2) is 23.2 Å². The predicted octanol–water partition coefficient (Wildman–Crippen LogP) is 4.12. The molecular formula is C23H35Cl2FN6O2. The summed E-state index contributed by atoms with van der Waals surface area (Å²) in [5.41, 5.74) is 6.09. The van der Waals surface area contributed by atoms with Gasteiger partial charge in [0, 0.05) is 30.5 Å². The fourth-order valence-corrected chi connectivity index (χ4v) is 4.02. The van der Waals surface area contributed by atoms with Crippen LogP contribution in [0, 0.1) is 11.2 Å². The van der Waals surface area contributed by atoms with Crippen LogP contribution in [-0.2, 0) is 4.74 Å². The van der Waals surface area contributed by atoms with Gasteiger partial charge < -0.3 is 21.1 Å². The number of aromatic nitrogens is 2. The van der Waals surface area contributed by atoms with E-state index >= 15 is 0 Å². The van der Waals surface area contributed by atoms with E-state index in [1.165, 1.54) is 12.1 Å². The zero-order valence-electron chi connectivity index (χ0n) is 20.1. The number of anilines is 1. The van der Waals surface area contributed by atoms with Gasteiger partial charge in [0.1, 0.15) is 11.6 Å². The fourth-order valence-electron chi connectivity index (χ4n) is 4.02. The number of amides is 1. The van der Waals surface area contributed by atoms with Crippen LogP contribution in [0.5, 0.6) is 0 Å². The second-order valence-electron chi connectivity index (χ2n) is 9.21. The zero-order valence-corrected chi connectivity index (χ0v) is 21.7. The van der Waals surface area contributed by atoms with Crippen LogP contribution in [-0.4, -0.2) is 54.1 Å². The van der Waals surface area contributed by atoms with Crippen LogP contribution >= 0.6 is 24.8 Å². The first-order chi connectivity index (χ1) is 15.2. The van der Waals surface area contributed by atoms with Crippen LogP contribution in [0.25, 0.3) is 10.9 Å². The SMILES string of the molecule is COCC(C)(C)CNC(=O)c1nc(N[C@H]2CCCC[C@H]2N=C(C)N)c2cc(F)ccc2n1.Cl.Cl. The van der Waals surface area contributed by atoms with Crippen LogP contribution in [0.2, 0.25) is 0 Å². The molecule has 0 spiro atoms. The summed E-state index contributed by atoms with van der Waals surface area (Å²) in [5, 5.41) is 6.82. The van der Waals surface area contributed by atoms with Gasteiger partial charge in [-0.05, 0) is 38.0 Å². The van der Waals surface area contributed by atoms with E-state index in [2.05, 4.69) is 25.6 Å². The van der Waals surface area contributed by atoms with Crippen molar-refractivity contribution in [1.29, 1.82) is 0 Å². The Morgan fingerprint density at radius 1 is 1.26 bits per heavy atom. The van der Waals surface area contributed by atoms with Crippen molar-refractivity contribution in [3.05, 3.63) is 29.8 Å². The quantitative estimate of drug-likeness (QED) is 0.359. The Balaban J connectivity index is 0.00000289. The van der Waals surface area contributed by atoms with E-state index in [-0.39, 0.29) is 54.0 Å². The zero-order chi connectivity index (χ0) is 23.3. The van der Waals surface area contributed by atoms with Gasteiger partial charge in [-0.2, -0.15) is 0 Å². The van der Waals surface area contributed by atoms with Gasteiger partial charge in [-0.25, -0.2) is 14.4 Å². The molecule has 190 valence electrons. The highest BCUT2D eigenvalue weighted by molar-refractivity contribution is 5.96. The fraction of sp³-hybridized carbons (Fsp3) is 0.565. The summed E-state index contributed by atoms with van der Waals surface area (Å²) in [5.74, 6) is 0.211. The number of hydrogen-bond donors (Lipinski definition) is 3. The summed E-state index contributed by atoms with van der Waals surface area (Å²) in [6, 6.07) is 4.26. The Labute approximate surface area is 212 Å². The standard InChI is InChI=1S/C23H33FN6O2.2ClH/c1-14(25)27-18-7-5-6-8-19(18)29-20-16-11-15(24)9-10-17(16)28-21(30-20)22(31)26-12-23(2,3)13-32-4;;/h9-11,18-19H,5-8,12-13H2,1-4H3,(H2,25,27)(H,26,31)(H,28,29,30);2*1H/t18-,19+;;/m1../s1. The molecule has 34 heavy (non-hydrogen) atoms. The highest BCUT2D eigenvalue weighted by Gasteiger charge is 2.27. The third kappa shape index (κ3) is 7.92. The van der Waals surface area contributed by atoms with Crippen molar-refractivity contribution in [2.75, 3.05) is 25.6 Å². The number of nitrogens with one attached hydrogen (secondary N) is 2. The molecule has 1 fully saturated rings. The molecule has 2 aromatic rings. The number of carbonyl (C=O) groups excluding carboxylic acids is 1. The second kappa shape index (κ2) is 13.0. The van der Waals surface area contributed by atoms with Crippen molar-refractivity contribution in [3.63, 3.8) is 0 Å². The molecule has 1 aromatic heterocycles. The number of rotatable bonds is 8. The van der Waals surface area contributed by atoms with Crippen LogP contribution in [0.4, 0.5) is 10.2 Å². The predicted molar refractivity (Wildman–Crippen MR) is 139 cm³/mol. The average molecular weight is 517 g/mol. The summed E-state index contributed by atoms with van der Waals surface area (Å²) in [7, 11) is 1.63. The van der Waals surface area contributed by atoms with Crippen molar-refractivity contribution in [2.45, 2.75) is 58.5 Å². The lowest BCUT2D eigenvalue weighted by Gasteiger charge is -2.30. The maximum Gasteiger partial charge on any atom is 0.289 e. The Hall–Kier alpha value is -2.23. The van der Waals surface area contributed by atoms with Crippen molar-refractivity contribution in [3.8, 4) is 0 Å². The number of halogens is 3. The number of methoxy groups -OCH3 is 1. The molecule has 3 rings (SSSR count). The first-order valence-corrected chi connectivity index (χ1v) is 11.0. The number of fused-ring (bicyclic) bond motifs is 1. The van der Waals surface area contributed by atoms with E-state index < -0.39 is 5.82 Å². The number of hydrogen-bond acceptors (Lipinski definition) is 6. The molecule has 11 heteroatoms. The molecule has 0 bridgehead atoms. The van der Waals surface area contributed by atoms with Gasteiger partial charge in [0.15, 0.2) is 0 Å². The lowest BCUT2D eigenvalue weighted by molar-refractivity contribution is 0.0839. The Bertz CT molecular complexity index is 1000. The molecule has 1 aromatic carbocycles. The number of carbonyl (C=O) groups is 1. The van der Waals surface area contributed by atoms with E-state index in [0.717, 1.165) is 25.7 Å². The molecule has 8 nitrogen and oxygen atoms in total. The van der Waals surface area contributed by atoms with Crippen LogP contribution in [0.3, 0.4) is 0 Å². The van der Waals surface area contributed by atoms with E-state index in [0.29, 0.717) is 35.7 Å². The summed E-state index contributed by atoms with van der Waals surface area (Å²) in [6.45, 7) is 6.67. The highest BCUT2D eigenvalue weighted by Crippen LogP contribution is 2.28. The van der Waals surface area contributed by atoms with Gasteiger partial charge in [-0.3, -0.25) is 9.79 Å². The lowest BCUT2D eigenvalue weighted by Crippen LogP contribution is -2.38. The third-order valence-electron chi connectivity index (χ3n) is 5.54. The largest absolute Gasteiger partial charge is 0.388 e. The summed E-state index contributed by atoms with van der Waals surface area (Å²) >= 11 is 0.